The maximum Gasteiger partial charge on any atom is 0.275 e. The first-order valence-electron chi connectivity index (χ1n) is 6.75. The second-order valence-electron chi connectivity index (χ2n) is 4.54. The van der Waals surface area contributed by atoms with Gasteiger partial charge in [-0.05, 0) is 18.9 Å². The molecule has 0 bridgehead atoms. The lowest BCUT2D eigenvalue weighted by molar-refractivity contribution is -0.386. The van der Waals surface area contributed by atoms with Gasteiger partial charge in [0.25, 0.3) is 5.69 Å². The van der Waals surface area contributed by atoms with E-state index in [0.717, 1.165) is 12.8 Å². The predicted molar refractivity (Wildman–Crippen MR) is 76.0 cm³/mol. The van der Waals surface area contributed by atoms with E-state index in [1.807, 2.05) is 6.08 Å². The molecule has 1 rings (SSSR count). The van der Waals surface area contributed by atoms with Gasteiger partial charge < -0.3 is 5.11 Å². The predicted octanol–water partition coefficient (Wildman–Crippen LogP) is 4.15. The Hall–Kier alpha value is -1.68. The molecule has 4 heteroatoms. The number of para-hydroxylation sites is 1. The monoisotopic (exact) mass is 263 g/mol. The smallest absolute Gasteiger partial charge is 0.275 e. The molecule has 0 spiro atoms. The molecule has 1 aromatic rings. The summed E-state index contributed by atoms with van der Waals surface area (Å²) in [6.07, 6.45) is 8.22. The molecule has 1 N–H and O–H groups in total. The molecule has 0 amide bonds. The van der Waals surface area contributed by atoms with Crippen LogP contribution >= 0.6 is 0 Å². The van der Waals surface area contributed by atoms with Gasteiger partial charge >= 0.3 is 0 Å². The summed E-state index contributed by atoms with van der Waals surface area (Å²) in [5, 5.41) is 20.8. The van der Waals surface area contributed by atoms with Crippen molar-refractivity contribution < 1.29 is 10.0 Å². The highest BCUT2D eigenvalue weighted by molar-refractivity contribution is 5.42. The second kappa shape index (κ2) is 8.43. The van der Waals surface area contributed by atoms with Gasteiger partial charge in [-0.15, -0.1) is 0 Å². The molecule has 0 radical (unpaired) electrons. The van der Waals surface area contributed by atoms with E-state index in [4.69, 9.17) is 0 Å². The molecule has 19 heavy (non-hydrogen) atoms. The Morgan fingerprint density at radius 2 is 2.05 bits per heavy atom. The van der Waals surface area contributed by atoms with E-state index in [-0.39, 0.29) is 5.69 Å². The van der Waals surface area contributed by atoms with Gasteiger partial charge in [-0.3, -0.25) is 10.1 Å². The molecule has 1 aromatic carbocycles. The number of hydrogen-bond donors (Lipinski definition) is 1. The van der Waals surface area contributed by atoms with E-state index in [0.29, 0.717) is 5.56 Å². The number of aliphatic hydroxyl groups is 1. The van der Waals surface area contributed by atoms with Crippen molar-refractivity contribution in [2.45, 2.75) is 45.1 Å². The molecule has 4 nitrogen and oxygen atoms in total. The van der Waals surface area contributed by atoms with Crippen LogP contribution in [0.15, 0.2) is 36.4 Å². The minimum absolute atomic E-state index is 0.0365. The fourth-order valence-corrected chi connectivity index (χ4v) is 1.92. The quantitative estimate of drug-likeness (QED) is 0.331. The number of rotatable bonds is 8. The number of aliphatic hydroxyl groups excluding tert-OH is 1. The zero-order valence-corrected chi connectivity index (χ0v) is 11.3. The van der Waals surface area contributed by atoms with Crippen molar-refractivity contribution in [2.24, 2.45) is 0 Å². The topological polar surface area (TPSA) is 63.4 Å². The Balaban J connectivity index is 2.55. The third kappa shape index (κ3) is 5.22. The molecule has 104 valence electrons. The Morgan fingerprint density at radius 1 is 1.32 bits per heavy atom. The van der Waals surface area contributed by atoms with Crippen molar-refractivity contribution in [3.8, 4) is 0 Å². The van der Waals surface area contributed by atoms with Crippen LogP contribution in [0.4, 0.5) is 5.69 Å². The maximum absolute atomic E-state index is 10.8. The summed E-state index contributed by atoms with van der Waals surface area (Å²) in [7, 11) is 0. The maximum atomic E-state index is 10.8. The third-order valence-electron chi connectivity index (χ3n) is 2.99. The highest BCUT2D eigenvalue weighted by Gasteiger charge is 2.17. The lowest BCUT2D eigenvalue weighted by atomic mass is 10.1. The average molecular weight is 263 g/mol. The first kappa shape index (κ1) is 15.4. The molecule has 0 aromatic heterocycles. The number of nitrogens with zero attached hydrogens (tertiary/aromatic N) is 1. The van der Waals surface area contributed by atoms with Gasteiger partial charge in [0.2, 0.25) is 0 Å². The van der Waals surface area contributed by atoms with Crippen molar-refractivity contribution in [3.63, 3.8) is 0 Å². The van der Waals surface area contributed by atoms with Crippen molar-refractivity contribution in [2.75, 3.05) is 0 Å². The average Bonchev–Trinajstić information content (AvgIpc) is 2.42. The summed E-state index contributed by atoms with van der Waals surface area (Å²) in [6, 6.07) is 6.29. The number of unbranched alkanes of at least 4 members (excludes halogenated alkanes) is 4. The summed E-state index contributed by atoms with van der Waals surface area (Å²) in [6.45, 7) is 2.16. The third-order valence-corrected chi connectivity index (χ3v) is 2.99. The molecule has 0 fully saturated rings. The molecule has 0 aliphatic rings. The summed E-state index contributed by atoms with van der Waals surface area (Å²) in [5.74, 6) is 0. The van der Waals surface area contributed by atoms with Gasteiger partial charge in [-0.1, -0.05) is 50.5 Å². The number of nitro benzene ring substituents is 1. The minimum atomic E-state index is -0.909. The highest BCUT2D eigenvalue weighted by Crippen LogP contribution is 2.25. The fraction of sp³-hybridized carbons (Fsp3) is 0.467. The Morgan fingerprint density at radius 3 is 2.74 bits per heavy atom. The fourth-order valence-electron chi connectivity index (χ4n) is 1.92. The van der Waals surface area contributed by atoms with Gasteiger partial charge in [0, 0.05) is 6.07 Å². The molecule has 1 atom stereocenters. The summed E-state index contributed by atoms with van der Waals surface area (Å²) in [4.78, 5) is 10.4. The molecule has 0 saturated carbocycles. The van der Waals surface area contributed by atoms with Crippen LogP contribution in [0.3, 0.4) is 0 Å². The molecule has 0 aliphatic heterocycles. The van der Waals surface area contributed by atoms with Gasteiger partial charge in [-0.2, -0.15) is 0 Å². The number of hydrogen-bond acceptors (Lipinski definition) is 3. The Kier molecular flexibility index (Phi) is 6.82. The molecule has 1 unspecified atom stereocenters. The van der Waals surface area contributed by atoms with Crippen LogP contribution in [0.25, 0.3) is 0 Å². The van der Waals surface area contributed by atoms with Crippen molar-refractivity contribution in [3.05, 3.63) is 52.1 Å². The number of allylic oxidation sites excluding steroid dienone is 1. The largest absolute Gasteiger partial charge is 0.384 e. The summed E-state index contributed by atoms with van der Waals surface area (Å²) in [5.41, 5.74) is 0.308. The molecule has 0 heterocycles. The lowest BCUT2D eigenvalue weighted by Gasteiger charge is -2.06. The van der Waals surface area contributed by atoms with Gasteiger partial charge in [-0.25, -0.2) is 0 Å². The summed E-state index contributed by atoms with van der Waals surface area (Å²) < 4.78 is 0. The van der Waals surface area contributed by atoms with Crippen molar-refractivity contribution in [1.29, 1.82) is 0 Å². The first-order valence-corrected chi connectivity index (χ1v) is 6.75. The van der Waals surface area contributed by atoms with Crippen molar-refractivity contribution >= 4 is 5.69 Å². The van der Waals surface area contributed by atoms with E-state index in [1.54, 1.807) is 24.3 Å². The first-order chi connectivity index (χ1) is 9.16. The Labute approximate surface area is 113 Å². The van der Waals surface area contributed by atoms with Gasteiger partial charge in [0.05, 0.1) is 10.5 Å². The van der Waals surface area contributed by atoms with Crippen LogP contribution in [0.2, 0.25) is 0 Å². The van der Waals surface area contributed by atoms with Crippen LogP contribution in [0, 0.1) is 10.1 Å². The van der Waals surface area contributed by atoms with E-state index < -0.39 is 11.0 Å². The Bertz CT molecular complexity index is 429. The van der Waals surface area contributed by atoms with Crippen LogP contribution in [-0.4, -0.2) is 10.0 Å². The number of nitro groups is 1. The van der Waals surface area contributed by atoms with E-state index in [1.165, 1.54) is 25.3 Å². The SMILES string of the molecule is CCCCCC/C=C/C(O)c1ccccc1[N+](=O)[O-]. The van der Waals surface area contributed by atoms with Gasteiger partial charge in [0.15, 0.2) is 0 Å². The zero-order valence-electron chi connectivity index (χ0n) is 11.3. The van der Waals surface area contributed by atoms with Crippen molar-refractivity contribution in [1.82, 2.24) is 0 Å². The molecular weight excluding hydrogens is 242 g/mol. The second-order valence-corrected chi connectivity index (χ2v) is 4.54. The standard InChI is InChI=1S/C15H21NO3/c1-2-3-4-5-6-7-12-15(17)13-10-8-9-11-14(13)16(18)19/h7-12,15,17H,2-6H2,1H3/b12-7+. The molecule has 0 saturated heterocycles. The van der Waals surface area contributed by atoms with Crippen LogP contribution in [0.5, 0.6) is 0 Å². The normalized spacial score (nSPS) is 12.7. The van der Waals surface area contributed by atoms with Gasteiger partial charge in [0.1, 0.15) is 6.10 Å². The summed E-state index contributed by atoms with van der Waals surface area (Å²) >= 11 is 0. The minimum Gasteiger partial charge on any atom is -0.384 e. The zero-order chi connectivity index (χ0) is 14.1. The van der Waals surface area contributed by atoms with E-state index in [9.17, 15) is 15.2 Å². The van der Waals surface area contributed by atoms with E-state index in [2.05, 4.69) is 6.92 Å². The molecule has 0 aliphatic carbocycles. The highest BCUT2D eigenvalue weighted by atomic mass is 16.6. The lowest BCUT2D eigenvalue weighted by Crippen LogP contribution is -1.99. The van der Waals surface area contributed by atoms with Crippen LogP contribution < -0.4 is 0 Å². The van der Waals surface area contributed by atoms with Crippen LogP contribution in [-0.2, 0) is 0 Å². The van der Waals surface area contributed by atoms with E-state index >= 15 is 0 Å². The number of benzene rings is 1. The molecular formula is C15H21NO3. The van der Waals surface area contributed by atoms with Crippen LogP contribution in [0.1, 0.15) is 50.7 Å².